The zero-order valence-corrected chi connectivity index (χ0v) is 18.5. The van der Waals surface area contributed by atoms with E-state index in [2.05, 4.69) is 41.7 Å². The van der Waals surface area contributed by atoms with Gasteiger partial charge in [0.05, 0.1) is 22.8 Å². The number of nitrogens with zero attached hydrogens (tertiary/aromatic N) is 2. The highest BCUT2D eigenvalue weighted by Crippen LogP contribution is 2.22. The maximum absolute atomic E-state index is 12.2. The molecule has 0 radical (unpaired) electrons. The normalized spacial score (nSPS) is 11.1. The number of benzene rings is 2. The van der Waals surface area contributed by atoms with Crippen LogP contribution in [-0.2, 0) is 4.79 Å². The summed E-state index contributed by atoms with van der Waals surface area (Å²) < 4.78 is 1.85. The van der Waals surface area contributed by atoms with Crippen LogP contribution in [0.5, 0.6) is 0 Å². The van der Waals surface area contributed by atoms with Crippen LogP contribution in [0.2, 0.25) is 0 Å². The van der Waals surface area contributed by atoms with Crippen LogP contribution in [0.4, 0.5) is 5.69 Å². The summed E-state index contributed by atoms with van der Waals surface area (Å²) in [7, 11) is 0. The molecule has 0 aliphatic carbocycles. The molecule has 0 atom stereocenters. The average Bonchev–Trinajstić information content (AvgIpc) is 3.01. The number of hydrogen-bond donors (Lipinski definition) is 2. The van der Waals surface area contributed by atoms with Crippen LogP contribution in [0.15, 0.2) is 60.7 Å². The van der Waals surface area contributed by atoms with E-state index in [1.807, 2.05) is 61.0 Å². The van der Waals surface area contributed by atoms with Crippen molar-refractivity contribution >= 4 is 35.0 Å². The topological polar surface area (TPSA) is 59.0 Å². The molecule has 0 aliphatic rings. The van der Waals surface area contributed by atoms with Gasteiger partial charge in [-0.25, -0.2) is 4.68 Å². The second-order valence-electron chi connectivity index (χ2n) is 7.39. The van der Waals surface area contributed by atoms with Crippen molar-refractivity contribution in [2.75, 3.05) is 5.32 Å². The SMILES string of the molecule is Cc1nn(-c2ccccc2)c(C)c1NC(=S)NC(=O)C=Cc1ccc(C(C)C)cc1. The molecule has 1 aromatic heterocycles. The van der Waals surface area contributed by atoms with Crippen LogP contribution in [0.3, 0.4) is 0 Å². The Hall–Kier alpha value is -3.25. The smallest absolute Gasteiger partial charge is 0.250 e. The molecule has 3 aromatic rings. The Kier molecular flexibility index (Phi) is 6.79. The van der Waals surface area contributed by atoms with Gasteiger partial charge in [0.15, 0.2) is 5.11 Å². The zero-order valence-electron chi connectivity index (χ0n) is 17.6. The first-order valence-electron chi connectivity index (χ1n) is 9.87. The molecule has 0 unspecified atom stereocenters. The van der Waals surface area contributed by atoms with Gasteiger partial charge in [0.25, 0.3) is 0 Å². The van der Waals surface area contributed by atoms with Gasteiger partial charge in [-0.1, -0.05) is 56.3 Å². The summed E-state index contributed by atoms with van der Waals surface area (Å²) >= 11 is 5.32. The second-order valence-corrected chi connectivity index (χ2v) is 7.80. The first-order chi connectivity index (χ1) is 14.3. The Morgan fingerprint density at radius 3 is 2.37 bits per heavy atom. The summed E-state index contributed by atoms with van der Waals surface area (Å²) in [5, 5.41) is 10.6. The third kappa shape index (κ3) is 5.21. The molecule has 0 saturated carbocycles. The van der Waals surface area contributed by atoms with Crippen LogP contribution in [-0.4, -0.2) is 20.8 Å². The fraction of sp³-hybridized carbons (Fsp3) is 0.208. The molecule has 1 amide bonds. The van der Waals surface area contributed by atoms with E-state index in [4.69, 9.17) is 12.2 Å². The van der Waals surface area contributed by atoms with Gasteiger partial charge in [-0.05, 0) is 61.3 Å². The van der Waals surface area contributed by atoms with Crippen LogP contribution in [0, 0.1) is 13.8 Å². The number of para-hydroxylation sites is 1. The fourth-order valence-corrected chi connectivity index (χ4v) is 3.31. The summed E-state index contributed by atoms with van der Waals surface area (Å²) in [5.41, 5.74) is 5.70. The van der Waals surface area contributed by atoms with Crippen molar-refractivity contribution in [3.63, 3.8) is 0 Å². The molecule has 0 fully saturated rings. The molecule has 0 saturated heterocycles. The average molecular weight is 419 g/mol. The second kappa shape index (κ2) is 9.50. The molecular formula is C24H26N4OS. The number of carbonyl (C=O) groups is 1. The standard InChI is InChI=1S/C24H26N4OS/c1-16(2)20-13-10-19(11-14-20)12-15-22(29)25-24(30)26-23-17(3)27-28(18(23)4)21-8-6-5-7-9-21/h5-16H,1-4H3,(H2,25,26,29,30). The Labute approximate surface area is 182 Å². The Morgan fingerprint density at radius 1 is 1.07 bits per heavy atom. The largest absolute Gasteiger partial charge is 0.329 e. The highest BCUT2D eigenvalue weighted by Gasteiger charge is 2.14. The predicted molar refractivity (Wildman–Crippen MR) is 127 cm³/mol. The minimum absolute atomic E-state index is 0.235. The van der Waals surface area contributed by atoms with Gasteiger partial charge < -0.3 is 5.32 Å². The van der Waals surface area contributed by atoms with Crippen LogP contribution >= 0.6 is 12.2 Å². The Morgan fingerprint density at radius 2 is 1.73 bits per heavy atom. The molecule has 2 N–H and O–H groups in total. The van der Waals surface area contributed by atoms with Gasteiger partial charge in [0, 0.05) is 6.08 Å². The molecule has 0 bridgehead atoms. The molecule has 0 aliphatic heterocycles. The molecule has 6 heteroatoms. The molecule has 3 rings (SSSR count). The van der Waals surface area contributed by atoms with Gasteiger partial charge in [-0.3, -0.25) is 10.1 Å². The summed E-state index contributed by atoms with van der Waals surface area (Å²) in [6, 6.07) is 18.0. The van der Waals surface area contributed by atoms with Gasteiger partial charge in [0.2, 0.25) is 5.91 Å². The van der Waals surface area contributed by atoms with Gasteiger partial charge >= 0.3 is 0 Å². The third-order valence-electron chi connectivity index (χ3n) is 4.80. The van der Waals surface area contributed by atoms with Gasteiger partial charge in [-0.2, -0.15) is 5.10 Å². The maximum atomic E-state index is 12.2. The summed E-state index contributed by atoms with van der Waals surface area (Å²) in [4.78, 5) is 12.2. The van der Waals surface area contributed by atoms with Gasteiger partial charge in [0.1, 0.15) is 0 Å². The highest BCUT2D eigenvalue weighted by molar-refractivity contribution is 7.80. The molecule has 30 heavy (non-hydrogen) atoms. The van der Waals surface area contributed by atoms with E-state index in [1.165, 1.54) is 11.6 Å². The number of hydrogen-bond acceptors (Lipinski definition) is 3. The third-order valence-corrected chi connectivity index (χ3v) is 5.00. The van der Waals surface area contributed by atoms with Crippen molar-refractivity contribution in [3.8, 4) is 5.69 Å². The van der Waals surface area contributed by atoms with E-state index in [9.17, 15) is 4.79 Å². The maximum Gasteiger partial charge on any atom is 0.250 e. The molecular weight excluding hydrogens is 392 g/mol. The van der Waals surface area contributed by atoms with Gasteiger partial charge in [-0.15, -0.1) is 0 Å². The van der Waals surface area contributed by atoms with E-state index >= 15 is 0 Å². The molecule has 0 spiro atoms. The van der Waals surface area contributed by atoms with Crippen molar-refractivity contribution in [1.82, 2.24) is 15.1 Å². The number of thiocarbonyl (C=S) groups is 1. The zero-order chi connectivity index (χ0) is 21.7. The monoisotopic (exact) mass is 418 g/mol. The predicted octanol–water partition coefficient (Wildman–Crippen LogP) is 5.14. The quantitative estimate of drug-likeness (QED) is 0.445. The van der Waals surface area contributed by atoms with Crippen molar-refractivity contribution < 1.29 is 4.79 Å². The lowest BCUT2D eigenvalue weighted by molar-refractivity contribution is -0.115. The van der Waals surface area contributed by atoms with Crippen LogP contribution in [0.25, 0.3) is 11.8 Å². The number of aromatic nitrogens is 2. The van der Waals surface area contributed by atoms with Crippen LogP contribution < -0.4 is 10.6 Å². The molecule has 5 nitrogen and oxygen atoms in total. The first kappa shape index (κ1) is 21.5. The lowest BCUT2D eigenvalue weighted by atomic mass is 10.0. The molecule has 2 aromatic carbocycles. The van der Waals surface area contributed by atoms with E-state index in [0.717, 1.165) is 28.3 Å². The first-order valence-corrected chi connectivity index (χ1v) is 10.3. The van der Waals surface area contributed by atoms with Crippen LogP contribution in [0.1, 0.15) is 42.3 Å². The Bertz CT molecular complexity index is 1070. The van der Waals surface area contributed by atoms with Crippen molar-refractivity contribution in [3.05, 3.63) is 83.2 Å². The molecule has 1 heterocycles. The summed E-state index contributed by atoms with van der Waals surface area (Å²) in [6.45, 7) is 8.17. The lowest BCUT2D eigenvalue weighted by Gasteiger charge is -2.09. The summed E-state index contributed by atoms with van der Waals surface area (Å²) in [5.74, 6) is 0.194. The van der Waals surface area contributed by atoms with Crippen molar-refractivity contribution in [2.24, 2.45) is 0 Å². The van der Waals surface area contributed by atoms with E-state index < -0.39 is 0 Å². The highest BCUT2D eigenvalue weighted by atomic mass is 32.1. The van der Waals surface area contributed by atoms with E-state index in [-0.39, 0.29) is 11.0 Å². The van der Waals surface area contributed by atoms with Crippen molar-refractivity contribution in [2.45, 2.75) is 33.6 Å². The fourth-order valence-electron chi connectivity index (χ4n) is 3.11. The number of rotatable bonds is 5. The van der Waals surface area contributed by atoms with E-state index in [0.29, 0.717) is 5.92 Å². The number of nitrogens with one attached hydrogen (secondary N) is 2. The minimum Gasteiger partial charge on any atom is -0.329 e. The lowest BCUT2D eigenvalue weighted by Crippen LogP contribution is -2.33. The van der Waals surface area contributed by atoms with Crippen molar-refractivity contribution in [1.29, 1.82) is 0 Å². The number of aryl methyl sites for hydroxylation is 1. The summed E-state index contributed by atoms with van der Waals surface area (Å²) in [6.07, 6.45) is 3.25. The molecule has 154 valence electrons. The Balaban J connectivity index is 1.63. The van der Waals surface area contributed by atoms with E-state index in [1.54, 1.807) is 6.08 Å². The minimum atomic E-state index is -0.286. The number of anilines is 1. The number of amides is 1. The number of carbonyl (C=O) groups excluding carboxylic acids is 1.